The quantitative estimate of drug-likeness (QED) is 0.579. The van der Waals surface area contributed by atoms with Crippen LogP contribution >= 0.6 is 0 Å². The van der Waals surface area contributed by atoms with Crippen molar-refractivity contribution in [2.45, 2.75) is 6.23 Å². The summed E-state index contributed by atoms with van der Waals surface area (Å²) in [5.41, 5.74) is 1.62. The first-order chi connectivity index (χ1) is 9.66. The van der Waals surface area contributed by atoms with Gasteiger partial charge in [0.1, 0.15) is 5.52 Å². The Labute approximate surface area is 113 Å². The summed E-state index contributed by atoms with van der Waals surface area (Å²) in [4.78, 5) is 10.3. The molecule has 1 unspecified atom stereocenters. The molecule has 1 aromatic heterocycles. The summed E-state index contributed by atoms with van der Waals surface area (Å²) < 4.78 is 1.33. The van der Waals surface area contributed by atoms with Gasteiger partial charge in [-0.3, -0.25) is 10.1 Å². The molecule has 2 aromatic carbocycles. The second-order valence-electron chi connectivity index (χ2n) is 4.25. The molecule has 7 nitrogen and oxygen atoms in total. The molecule has 1 heterocycles. The third-order valence-corrected chi connectivity index (χ3v) is 2.99. The van der Waals surface area contributed by atoms with Crippen LogP contribution in [-0.2, 0) is 0 Å². The van der Waals surface area contributed by atoms with E-state index in [1.165, 1.54) is 22.9 Å². The lowest BCUT2D eigenvalue weighted by Gasteiger charge is -2.11. The van der Waals surface area contributed by atoms with Gasteiger partial charge in [0.05, 0.1) is 10.4 Å². The molecule has 20 heavy (non-hydrogen) atoms. The van der Waals surface area contributed by atoms with Crippen LogP contribution in [0.4, 0.5) is 5.69 Å². The topological polar surface area (TPSA) is 94.1 Å². The Balaban J connectivity index is 2.06. The van der Waals surface area contributed by atoms with Gasteiger partial charge in [0.15, 0.2) is 6.23 Å². The van der Waals surface area contributed by atoms with Crippen LogP contribution in [0.5, 0.6) is 0 Å². The molecule has 1 N–H and O–H groups in total. The molecule has 3 rings (SSSR count). The predicted octanol–water partition coefficient (Wildman–Crippen LogP) is 1.88. The van der Waals surface area contributed by atoms with Gasteiger partial charge in [-0.05, 0) is 12.1 Å². The van der Waals surface area contributed by atoms with Gasteiger partial charge in [-0.2, -0.15) is 0 Å². The Morgan fingerprint density at radius 3 is 2.80 bits per heavy atom. The third kappa shape index (κ3) is 1.99. The van der Waals surface area contributed by atoms with Crippen LogP contribution in [0.25, 0.3) is 11.0 Å². The normalized spacial score (nSPS) is 12.4. The Morgan fingerprint density at radius 2 is 2.00 bits per heavy atom. The van der Waals surface area contributed by atoms with Crippen molar-refractivity contribution in [3.8, 4) is 0 Å². The van der Waals surface area contributed by atoms with E-state index in [4.69, 9.17) is 0 Å². The fraction of sp³-hybridized carbons (Fsp3) is 0.0769. The molecule has 0 aliphatic heterocycles. The number of non-ortho nitro benzene ring substituents is 1. The van der Waals surface area contributed by atoms with Crippen LogP contribution in [0.3, 0.4) is 0 Å². The third-order valence-electron chi connectivity index (χ3n) is 2.99. The van der Waals surface area contributed by atoms with E-state index in [1.54, 1.807) is 18.2 Å². The fourth-order valence-corrected chi connectivity index (χ4v) is 2.01. The minimum atomic E-state index is -1.12. The number of rotatable bonds is 3. The van der Waals surface area contributed by atoms with Gasteiger partial charge in [-0.15, -0.1) is 5.10 Å². The van der Waals surface area contributed by atoms with E-state index in [-0.39, 0.29) is 5.69 Å². The maximum Gasteiger partial charge on any atom is 0.269 e. The van der Waals surface area contributed by atoms with E-state index < -0.39 is 11.2 Å². The van der Waals surface area contributed by atoms with Crippen LogP contribution in [0.2, 0.25) is 0 Å². The van der Waals surface area contributed by atoms with E-state index in [1.807, 2.05) is 12.1 Å². The van der Waals surface area contributed by atoms with Crippen molar-refractivity contribution in [2.24, 2.45) is 0 Å². The molecule has 0 aliphatic rings. The Kier molecular flexibility index (Phi) is 2.88. The lowest BCUT2D eigenvalue weighted by atomic mass is 10.1. The van der Waals surface area contributed by atoms with E-state index in [9.17, 15) is 15.2 Å². The predicted molar refractivity (Wildman–Crippen MR) is 71.0 cm³/mol. The van der Waals surface area contributed by atoms with E-state index in [2.05, 4.69) is 10.3 Å². The lowest BCUT2D eigenvalue weighted by Crippen LogP contribution is -2.11. The minimum Gasteiger partial charge on any atom is -0.368 e. The maximum absolute atomic E-state index is 10.8. The number of benzene rings is 2. The molecule has 7 heteroatoms. The van der Waals surface area contributed by atoms with Gasteiger partial charge < -0.3 is 5.11 Å². The SMILES string of the molecule is O=[N+]([O-])c1cccc(C(O)n2nnc3ccccc32)c1. The molecule has 0 fully saturated rings. The van der Waals surface area contributed by atoms with E-state index >= 15 is 0 Å². The fourth-order valence-electron chi connectivity index (χ4n) is 2.01. The summed E-state index contributed by atoms with van der Waals surface area (Å²) in [6.45, 7) is 0. The Bertz CT molecular complexity index is 784. The maximum atomic E-state index is 10.8. The second kappa shape index (κ2) is 4.71. The molecule has 0 saturated carbocycles. The number of hydrogen-bond acceptors (Lipinski definition) is 5. The van der Waals surface area contributed by atoms with Gasteiger partial charge in [0.2, 0.25) is 0 Å². The molecule has 3 aromatic rings. The van der Waals surface area contributed by atoms with E-state index in [0.29, 0.717) is 16.6 Å². The highest BCUT2D eigenvalue weighted by Gasteiger charge is 2.17. The number of nitrogens with zero attached hydrogens (tertiary/aromatic N) is 4. The second-order valence-corrected chi connectivity index (χ2v) is 4.25. The summed E-state index contributed by atoms with van der Waals surface area (Å²) in [6.07, 6.45) is -1.12. The van der Waals surface area contributed by atoms with Crippen molar-refractivity contribution >= 4 is 16.7 Å². The zero-order chi connectivity index (χ0) is 14.1. The number of nitro benzene ring substituents is 1. The van der Waals surface area contributed by atoms with Crippen molar-refractivity contribution in [2.75, 3.05) is 0 Å². The molecule has 0 amide bonds. The first-order valence-corrected chi connectivity index (χ1v) is 5.89. The number of nitro groups is 1. The molecule has 0 saturated heterocycles. The van der Waals surface area contributed by atoms with Gasteiger partial charge in [0, 0.05) is 17.7 Å². The highest BCUT2D eigenvalue weighted by atomic mass is 16.6. The van der Waals surface area contributed by atoms with Crippen molar-refractivity contribution in [3.05, 3.63) is 64.2 Å². The van der Waals surface area contributed by atoms with Crippen LogP contribution in [0.15, 0.2) is 48.5 Å². The zero-order valence-corrected chi connectivity index (χ0v) is 10.2. The smallest absolute Gasteiger partial charge is 0.269 e. The summed E-state index contributed by atoms with van der Waals surface area (Å²) in [6, 6.07) is 13.0. The van der Waals surface area contributed by atoms with Crippen LogP contribution in [-0.4, -0.2) is 25.0 Å². The van der Waals surface area contributed by atoms with Crippen molar-refractivity contribution < 1.29 is 10.0 Å². The number of para-hydroxylation sites is 1. The summed E-state index contributed by atoms with van der Waals surface area (Å²) in [5.74, 6) is 0. The molecule has 0 bridgehead atoms. The average Bonchev–Trinajstić information content (AvgIpc) is 2.90. The summed E-state index contributed by atoms with van der Waals surface area (Å²) in [7, 11) is 0. The number of fused-ring (bicyclic) bond motifs is 1. The minimum absolute atomic E-state index is 0.0778. The van der Waals surface area contributed by atoms with Gasteiger partial charge in [-0.1, -0.05) is 29.5 Å². The molecular formula is C13H10N4O3. The van der Waals surface area contributed by atoms with Gasteiger partial charge in [-0.25, -0.2) is 4.68 Å². The highest BCUT2D eigenvalue weighted by molar-refractivity contribution is 5.74. The largest absolute Gasteiger partial charge is 0.368 e. The first kappa shape index (κ1) is 12.2. The standard InChI is InChI=1S/C13H10N4O3/c18-13(9-4-3-5-10(8-9)17(19)20)16-12-7-2-1-6-11(12)14-15-16/h1-8,13,18H. The van der Waals surface area contributed by atoms with E-state index in [0.717, 1.165) is 0 Å². The number of aliphatic hydroxyl groups is 1. The summed E-state index contributed by atoms with van der Waals surface area (Å²) >= 11 is 0. The van der Waals surface area contributed by atoms with Crippen LogP contribution < -0.4 is 0 Å². The van der Waals surface area contributed by atoms with Crippen molar-refractivity contribution in [3.63, 3.8) is 0 Å². The first-order valence-electron chi connectivity index (χ1n) is 5.89. The summed E-state index contributed by atoms with van der Waals surface area (Å²) in [5, 5.41) is 28.9. The molecule has 0 aliphatic carbocycles. The Morgan fingerprint density at radius 1 is 1.20 bits per heavy atom. The van der Waals surface area contributed by atoms with Gasteiger partial charge in [0.25, 0.3) is 5.69 Å². The number of hydrogen-bond donors (Lipinski definition) is 1. The lowest BCUT2D eigenvalue weighted by molar-refractivity contribution is -0.385. The molecule has 100 valence electrons. The Hall–Kier alpha value is -2.80. The molecular weight excluding hydrogens is 260 g/mol. The molecule has 0 radical (unpaired) electrons. The van der Waals surface area contributed by atoms with Gasteiger partial charge >= 0.3 is 0 Å². The van der Waals surface area contributed by atoms with Crippen LogP contribution in [0, 0.1) is 10.1 Å². The average molecular weight is 270 g/mol. The van der Waals surface area contributed by atoms with Crippen LogP contribution in [0.1, 0.15) is 11.8 Å². The molecule has 1 atom stereocenters. The molecule has 0 spiro atoms. The zero-order valence-electron chi connectivity index (χ0n) is 10.2. The van der Waals surface area contributed by atoms with Crippen molar-refractivity contribution in [1.82, 2.24) is 15.0 Å². The number of aliphatic hydroxyl groups excluding tert-OH is 1. The monoisotopic (exact) mass is 270 g/mol. The van der Waals surface area contributed by atoms with Crippen molar-refractivity contribution in [1.29, 1.82) is 0 Å². The number of aromatic nitrogens is 3. The highest BCUT2D eigenvalue weighted by Crippen LogP contribution is 2.23.